The summed E-state index contributed by atoms with van der Waals surface area (Å²) in [7, 11) is 1.24. The van der Waals surface area contributed by atoms with Gasteiger partial charge >= 0.3 is 11.9 Å². The van der Waals surface area contributed by atoms with Crippen molar-refractivity contribution in [1.82, 2.24) is 5.32 Å². The molecule has 1 N–H and O–H groups in total. The Morgan fingerprint density at radius 1 is 1.08 bits per heavy atom. The second-order valence-corrected chi connectivity index (χ2v) is 5.10. The van der Waals surface area contributed by atoms with Gasteiger partial charge in [-0.1, -0.05) is 0 Å². The van der Waals surface area contributed by atoms with Crippen molar-refractivity contribution >= 4 is 17.8 Å². The number of hydrogen-bond acceptors (Lipinski definition) is 6. The Labute approximate surface area is 149 Å². The number of hydrogen-bond donors (Lipinski definition) is 1. The second-order valence-electron chi connectivity index (χ2n) is 5.10. The molecule has 0 radical (unpaired) electrons. The van der Waals surface area contributed by atoms with E-state index in [1.54, 1.807) is 6.92 Å². The maximum Gasteiger partial charge on any atom is 0.315 e. The molecule has 0 aliphatic heterocycles. The zero-order chi connectivity index (χ0) is 19.7. The van der Waals surface area contributed by atoms with Crippen LogP contribution in [0.5, 0.6) is 5.75 Å². The maximum absolute atomic E-state index is 14.3. The zero-order valence-corrected chi connectivity index (χ0v) is 14.8. The van der Waals surface area contributed by atoms with E-state index in [0.717, 1.165) is 12.1 Å². The first-order valence-electron chi connectivity index (χ1n) is 7.95. The van der Waals surface area contributed by atoms with E-state index in [1.165, 1.54) is 14.0 Å². The molecule has 0 heterocycles. The van der Waals surface area contributed by atoms with Crippen LogP contribution in [0.2, 0.25) is 0 Å². The van der Waals surface area contributed by atoms with Gasteiger partial charge in [0, 0.05) is 24.2 Å². The minimum absolute atomic E-state index is 0.00843. The van der Waals surface area contributed by atoms with Crippen LogP contribution in [0.4, 0.5) is 8.78 Å². The number of halogens is 2. The molecule has 0 fully saturated rings. The lowest BCUT2D eigenvalue weighted by atomic mass is 9.97. The number of carbonyl (C=O) groups is 3. The van der Waals surface area contributed by atoms with Gasteiger partial charge < -0.3 is 19.5 Å². The van der Waals surface area contributed by atoms with Crippen molar-refractivity contribution in [3.63, 3.8) is 0 Å². The fraction of sp³-hybridized carbons (Fsp3) is 0.471. The first-order chi connectivity index (χ1) is 12.3. The van der Waals surface area contributed by atoms with Crippen LogP contribution in [0.25, 0.3) is 0 Å². The van der Waals surface area contributed by atoms with Crippen LogP contribution in [-0.4, -0.2) is 44.7 Å². The Morgan fingerprint density at radius 2 is 1.65 bits per heavy atom. The SMILES string of the molecule is CCOC(=O)CC(=O)NCC(C(=O)OCC)c1c(F)cc(OC)cc1F. The molecule has 0 aromatic heterocycles. The molecule has 0 bridgehead atoms. The Balaban J connectivity index is 2.98. The first-order valence-corrected chi connectivity index (χ1v) is 7.95. The third kappa shape index (κ3) is 5.98. The van der Waals surface area contributed by atoms with Crippen LogP contribution in [0.15, 0.2) is 12.1 Å². The van der Waals surface area contributed by atoms with E-state index in [0.29, 0.717) is 0 Å². The molecule has 0 aliphatic carbocycles. The summed E-state index contributed by atoms with van der Waals surface area (Å²) in [5.41, 5.74) is -0.555. The van der Waals surface area contributed by atoms with Gasteiger partial charge in [-0.05, 0) is 13.8 Å². The summed E-state index contributed by atoms with van der Waals surface area (Å²) >= 11 is 0. The van der Waals surface area contributed by atoms with Gasteiger partial charge in [0.1, 0.15) is 29.7 Å². The first kappa shape index (κ1) is 21.3. The van der Waals surface area contributed by atoms with E-state index < -0.39 is 53.9 Å². The second kappa shape index (κ2) is 10.3. The van der Waals surface area contributed by atoms with E-state index in [-0.39, 0.29) is 19.0 Å². The third-order valence-corrected chi connectivity index (χ3v) is 3.32. The molecule has 1 unspecified atom stereocenters. The predicted octanol–water partition coefficient (Wildman–Crippen LogP) is 1.69. The molecule has 1 aromatic rings. The lowest BCUT2D eigenvalue weighted by Crippen LogP contribution is -2.34. The number of benzene rings is 1. The summed E-state index contributed by atoms with van der Waals surface area (Å²) in [4.78, 5) is 35.1. The van der Waals surface area contributed by atoms with Crippen molar-refractivity contribution in [2.75, 3.05) is 26.9 Å². The van der Waals surface area contributed by atoms with Gasteiger partial charge in [-0.15, -0.1) is 0 Å². The lowest BCUT2D eigenvalue weighted by molar-refractivity contribution is -0.145. The smallest absolute Gasteiger partial charge is 0.315 e. The number of carbonyl (C=O) groups excluding carboxylic acids is 3. The molecule has 9 heteroatoms. The molecule has 7 nitrogen and oxygen atoms in total. The van der Waals surface area contributed by atoms with Crippen LogP contribution in [0.3, 0.4) is 0 Å². The summed E-state index contributed by atoms with van der Waals surface area (Å²) in [6.45, 7) is 2.78. The van der Waals surface area contributed by atoms with Gasteiger partial charge in [0.05, 0.1) is 20.3 Å². The fourth-order valence-corrected chi connectivity index (χ4v) is 2.18. The minimum atomic E-state index is -1.42. The lowest BCUT2D eigenvalue weighted by Gasteiger charge is -2.18. The Hall–Kier alpha value is -2.71. The van der Waals surface area contributed by atoms with Crippen molar-refractivity contribution in [1.29, 1.82) is 0 Å². The molecule has 1 rings (SSSR count). The molecule has 144 valence electrons. The van der Waals surface area contributed by atoms with Gasteiger partial charge in [0.25, 0.3) is 0 Å². The normalized spacial score (nSPS) is 11.4. The third-order valence-electron chi connectivity index (χ3n) is 3.32. The van der Waals surface area contributed by atoms with Gasteiger partial charge in [0.2, 0.25) is 5.91 Å². The molecule has 0 saturated heterocycles. The highest BCUT2D eigenvalue weighted by molar-refractivity contribution is 5.94. The molecular formula is C17H21F2NO6. The highest BCUT2D eigenvalue weighted by Crippen LogP contribution is 2.28. The number of amides is 1. The van der Waals surface area contributed by atoms with Crippen LogP contribution in [0, 0.1) is 11.6 Å². The maximum atomic E-state index is 14.3. The predicted molar refractivity (Wildman–Crippen MR) is 86.5 cm³/mol. The highest BCUT2D eigenvalue weighted by Gasteiger charge is 2.29. The fourth-order valence-electron chi connectivity index (χ4n) is 2.18. The average molecular weight is 373 g/mol. The van der Waals surface area contributed by atoms with Crippen LogP contribution in [-0.2, 0) is 23.9 Å². The Kier molecular flexibility index (Phi) is 8.47. The number of ether oxygens (including phenoxy) is 3. The van der Waals surface area contributed by atoms with Crippen molar-refractivity contribution < 1.29 is 37.4 Å². The standard InChI is InChI=1S/C17H21F2NO6/c1-4-25-15(22)8-14(21)20-9-11(17(23)26-5-2)16-12(18)6-10(24-3)7-13(16)19/h6-7,11H,4-5,8-9H2,1-3H3,(H,20,21). The van der Waals surface area contributed by atoms with E-state index in [1.807, 2.05) is 0 Å². The average Bonchev–Trinajstić information content (AvgIpc) is 2.57. The van der Waals surface area contributed by atoms with Crippen molar-refractivity contribution in [3.8, 4) is 5.75 Å². The van der Waals surface area contributed by atoms with Gasteiger partial charge in [-0.3, -0.25) is 14.4 Å². The van der Waals surface area contributed by atoms with Crippen LogP contribution >= 0.6 is 0 Å². The molecule has 1 aromatic carbocycles. The number of rotatable bonds is 9. The Bertz CT molecular complexity index is 642. The molecule has 0 spiro atoms. The van der Waals surface area contributed by atoms with E-state index >= 15 is 0 Å². The topological polar surface area (TPSA) is 90.9 Å². The molecule has 0 saturated carbocycles. The number of esters is 2. The minimum Gasteiger partial charge on any atom is -0.497 e. The van der Waals surface area contributed by atoms with Gasteiger partial charge in [-0.2, -0.15) is 0 Å². The van der Waals surface area contributed by atoms with Crippen LogP contribution < -0.4 is 10.1 Å². The molecule has 0 aliphatic rings. The summed E-state index contributed by atoms with van der Waals surface area (Å²) in [6, 6.07) is 1.84. The number of methoxy groups -OCH3 is 1. The van der Waals surface area contributed by atoms with Crippen molar-refractivity contribution in [3.05, 3.63) is 29.3 Å². The molecule has 1 amide bonds. The zero-order valence-electron chi connectivity index (χ0n) is 14.8. The quantitative estimate of drug-likeness (QED) is 0.523. The molecule has 1 atom stereocenters. The van der Waals surface area contributed by atoms with Gasteiger partial charge in [0.15, 0.2) is 0 Å². The van der Waals surface area contributed by atoms with E-state index in [9.17, 15) is 23.2 Å². The molecule has 26 heavy (non-hydrogen) atoms. The summed E-state index contributed by atoms with van der Waals surface area (Å²) in [5.74, 6) is -5.91. The monoisotopic (exact) mass is 373 g/mol. The summed E-state index contributed by atoms with van der Waals surface area (Å²) in [5, 5.41) is 2.29. The Morgan fingerprint density at radius 3 is 2.15 bits per heavy atom. The van der Waals surface area contributed by atoms with Gasteiger partial charge in [-0.25, -0.2) is 8.78 Å². The van der Waals surface area contributed by atoms with E-state index in [2.05, 4.69) is 10.1 Å². The number of nitrogens with one attached hydrogen (secondary N) is 1. The summed E-state index contributed by atoms with van der Waals surface area (Å²) < 4.78 is 42.8. The summed E-state index contributed by atoms with van der Waals surface area (Å²) in [6.07, 6.45) is -0.572. The highest BCUT2D eigenvalue weighted by atomic mass is 19.1. The van der Waals surface area contributed by atoms with Crippen LogP contribution in [0.1, 0.15) is 31.7 Å². The van der Waals surface area contributed by atoms with Crippen molar-refractivity contribution in [2.24, 2.45) is 0 Å². The molecular weight excluding hydrogens is 352 g/mol. The van der Waals surface area contributed by atoms with Crippen molar-refractivity contribution in [2.45, 2.75) is 26.2 Å². The van der Waals surface area contributed by atoms with E-state index in [4.69, 9.17) is 9.47 Å². The largest absolute Gasteiger partial charge is 0.497 e.